The van der Waals surface area contributed by atoms with E-state index in [1.807, 2.05) is 10.8 Å². The van der Waals surface area contributed by atoms with Crippen LogP contribution in [0.15, 0.2) is 48.1 Å². The molecule has 0 radical (unpaired) electrons. The van der Waals surface area contributed by atoms with Crippen LogP contribution < -0.4 is 11.1 Å². The summed E-state index contributed by atoms with van der Waals surface area (Å²) in [6, 6.07) is 6.50. The van der Waals surface area contributed by atoms with Crippen LogP contribution in [0.3, 0.4) is 0 Å². The Hall–Kier alpha value is -2.83. The van der Waals surface area contributed by atoms with Gasteiger partial charge in [-0.15, -0.1) is 0 Å². The average Bonchev–Trinajstić information content (AvgIpc) is 2.99. The van der Waals surface area contributed by atoms with Crippen molar-refractivity contribution in [1.29, 1.82) is 0 Å². The highest BCUT2D eigenvalue weighted by atomic mass is 16.4. The average molecular weight is 273 g/mol. The smallest absolute Gasteiger partial charge is 0.251 e. The molecule has 1 heterocycles. The summed E-state index contributed by atoms with van der Waals surface area (Å²) in [7, 11) is 0. The molecule has 1 aromatic heterocycles. The molecule has 7 nitrogen and oxygen atoms in total. The Morgan fingerprint density at radius 3 is 2.65 bits per heavy atom. The summed E-state index contributed by atoms with van der Waals surface area (Å²) in [5.41, 5.74) is 6.52. The van der Waals surface area contributed by atoms with Crippen molar-refractivity contribution in [3.05, 3.63) is 54.1 Å². The zero-order valence-corrected chi connectivity index (χ0v) is 10.7. The first-order valence-corrected chi connectivity index (χ1v) is 6.02. The monoisotopic (exact) mass is 273 g/mol. The molecule has 0 aliphatic carbocycles. The lowest BCUT2D eigenvalue weighted by atomic mass is 10.1. The standard InChI is InChI=1S/C13H15N5O2/c14-12(17-20)10-1-3-11(4-2-10)13(19)16-6-8-18-7-5-15-9-18/h1-5,7,9,20H,6,8H2,(H2,14,17)(H,16,19). The van der Waals surface area contributed by atoms with Crippen LogP contribution in [-0.4, -0.2) is 33.0 Å². The number of imidazole rings is 1. The van der Waals surface area contributed by atoms with Crippen molar-refractivity contribution in [2.75, 3.05) is 6.54 Å². The molecule has 1 amide bonds. The molecule has 0 aliphatic heterocycles. The normalized spacial score (nSPS) is 11.3. The first-order valence-electron chi connectivity index (χ1n) is 6.02. The number of carbonyl (C=O) groups is 1. The number of amides is 1. The fraction of sp³-hybridized carbons (Fsp3) is 0.154. The van der Waals surface area contributed by atoms with E-state index in [4.69, 9.17) is 10.9 Å². The molecule has 0 spiro atoms. The van der Waals surface area contributed by atoms with Gasteiger partial charge >= 0.3 is 0 Å². The van der Waals surface area contributed by atoms with E-state index in [1.165, 1.54) is 0 Å². The summed E-state index contributed by atoms with van der Waals surface area (Å²) >= 11 is 0. The summed E-state index contributed by atoms with van der Waals surface area (Å²) in [5.74, 6) is -0.159. The maximum Gasteiger partial charge on any atom is 0.251 e. The van der Waals surface area contributed by atoms with E-state index in [0.29, 0.717) is 24.2 Å². The van der Waals surface area contributed by atoms with Crippen LogP contribution in [0.25, 0.3) is 0 Å². The van der Waals surface area contributed by atoms with Crippen LogP contribution in [0.5, 0.6) is 0 Å². The lowest BCUT2D eigenvalue weighted by molar-refractivity contribution is 0.0952. The molecule has 2 rings (SSSR count). The summed E-state index contributed by atoms with van der Waals surface area (Å²) in [6.07, 6.45) is 5.21. The van der Waals surface area contributed by atoms with Crippen molar-refractivity contribution in [2.24, 2.45) is 10.9 Å². The minimum Gasteiger partial charge on any atom is -0.409 e. The third-order valence-corrected chi connectivity index (χ3v) is 2.77. The maximum absolute atomic E-state index is 11.9. The molecule has 7 heteroatoms. The van der Waals surface area contributed by atoms with Gasteiger partial charge < -0.3 is 20.8 Å². The number of benzene rings is 1. The maximum atomic E-state index is 11.9. The van der Waals surface area contributed by atoms with E-state index < -0.39 is 0 Å². The Kier molecular flexibility index (Phi) is 4.33. The highest BCUT2D eigenvalue weighted by molar-refractivity contribution is 5.99. The Morgan fingerprint density at radius 2 is 2.05 bits per heavy atom. The van der Waals surface area contributed by atoms with E-state index in [2.05, 4.69) is 15.5 Å². The second-order valence-corrected chi connectivity index (χ2v) is 4.12. The molecule has 4 N–H and O–H groups in total. The fourth-order valence-electron chi connectivity index (χ4n) is 1.67. The number of oxime groups is 1. The van der Waals surface area contributed by atoms with Crippen LogP contribution in [0.2, 0.25) is 0 Å². The molecule has 0 atom stereocenters. The molecule has 0 saturated heterocycles. The van der Waals surface area contributed by atoms with E-state index >= 15 is 0 Å². The summed E-state index contributed by atoms with van der Waals surface area (Å²) < 4.78 is 1.88. The van der Waals surface area contributed by atoms with Crippen LogP contribution in [-0.2, 0) is 6.54 Å². The summed E-state index contributed by atoms with van der Waals surface area (Å²) in [4.78, 5) is 15.8. The van der Waals surface area contributed by atoms with Crippen molar-refractivity contribution in [2.45, 2.75) is 6.54 Å². The number of rotatable bonds is 5. The van der Waals surface area contributed by atoms with Crippen molar-refractivity contribution >= 4 is 11.7 Å². The predicted octanol–water partition coefficient (Wildman–Crippen LogP) is 0.408. The van der Waals surface area contributed by atoms with Gasteiger partial charge in [0.05, 0.1) is 6.33 Å². The van der Waals surface area contributed by atoms with Gasteiger partial charge in [0.2, 0.25) is 0 Å². The van der Waals surface area contributed by atoms with Gasteiger partial charge in [0.25, 0.3) is 5.91 Å². The van der Waals surface area contributed by atoms with E-state index in [0.717, 1.165) is 0 Å². The molecular weight excluding hydrogens is 258 g/mol. The molecule has 2 aromatic rings. The number of amidine groups is 1. The molecule has 0 unspecified atom stereocenters. The van der Waals surface area contributed by atoms with Gasteiger partial charge in [0.15, 0.2) is 5.84 Å². The second kappa shape index (κ2) is 6.37. The minimum atomic E-state index is -0.170. The molecule has 0 bridgehead atoms. The van der Waals surface area contributed by atoms with Crippen molar-refractivity contribution < 1.29 is 10.0 Å². The number of hydrogen-bond donors (Lipinski definition) is 3. The second-order valence-electron chi connectivity index (χ2n) is 4.12. The SMILES string of the molecule is NC(=NO)c1ccc(C(=O)NCCn2ccnc2)cc1. The Labute approximate surface area is 115 Å². The van der Waals surface area contributed by atoms with Crippen molar-refractivity contribution in [3.8, 4) is 0 Å². The number of nitrogens with two attached hydrogens (primary N) is 1. The lowest BCUT2D eigenvalue weighted by Gasteiger charge is -2.06. The van der Waals surface area contributed by atoms with Crippen LogP contribution in [0, 0.1) is 0 Å². The van der Waals surface area contributed by atoms with Gasteiger partial charge in [-0.3, -0.25) is 4.79 Å². The van der Waals surface area contributed by atoms with Crippen molar-refractivity contribution in [1.82, 2.24) is 14.9 Å². The quantitative estimate of drug-likeness (QED) is 0.317. The number of aromatic nitrogens is 2. The zero-order valence-electron chi connectivity index (χ0n) is 10.7. The van der Waals surface area contributed by atoms with E-state index in [1.54, 1.807) is 36.8 Å². The van der Waals surface area contributed by atoms with Crippen LogP contribution in [0.1, 0.15) is 15.9 Å². The topological polar surface area (TPSA) is 106 Å². The molecule has 0 aliphatic rings. The third-order valence-electron chi connectivity index (χ3n) is 2.77. The van der Waals surface area contributed by atoms with Gasteiger partial charge in [-0.2, -0.15) is 0 Å². The van der Waals surface area contributed by atoms with Gasteiger partial charge in [-0.05, 0) is 12.1 Å². The lowest BCUT2D eigenvalue weighted by Crippen LogP contribution is -2.27. The Morgan fingerprint density at radius 1 is 1.35 bits per heavy atom. The molecular formula is C13H15N5O2. The number of nitrogens with zero attached hydrogens (tertiary/aromatic N) is 3. The minimum absolute atomic E-state index is 0.0112. The molecule has 0 saturated carbocycles. The van der Waals surface area contributed by atoms with Crippen LogP contribution >= 0.6 is 0 Å². The Balaban J connectivity index is 1.89. The highest BCUT2D eigenvalue weighted by Crippen LogP contribution is 2.04. The molecule has 20 heavy (non-hydrogen) atoms. The van der Waals surface area contributed by atoms with E-state index in [9.17, 15) is 4.79 Å². The van der Waals surface area contributed by atoms with Gasteiger partial charge in [0, 0.05) is 36.6 Å². The molecule has 104 valence electrons. The highest BCUT2D eigenvalue weighted by Gasteiger charge is 2.06. The number of hydrogen-bond acceptors (Lipinski definition) is 4. The van der Waals surface area contributed by atoms with Gasteiger partial charge in [0.1, 0.15) is 0 Å². The van der Waals surface area contributed by atoms with Gasteiger partial charge in [-0.25, -0.2) is 4.98 Å². The predicted molar refractivity (Wildman–Crippen MR) is 73.5 cm³/mol. The number of carbonyl (C=O) groups excluding carboxylic acids is 1. The molecule has 0 fully saturated rings. The fourth-order valence-corrected chi connectivity index (χ4v) is 1.67. The summed E-state index contributed by atoms with van der Waals surface area (Å²) in [6.45, 7) is 1.17. The van der Waals surface area contributed by atoms with Gasteiger partial charge in [-0.1, -0.05) is 17.3 Å². The number of nitrogens with one attached hydrogen (secondary N) is 1. The van der Waals surface area contributed by atoms with E-state index in [-0.39, 0.29) is 11.7 Å². The van der Waals surface area contributed by atoms with Crippen LogP contribution in [0.4, 0.5) is 0 Å². The summed E-state index contributed by atoms with van der Waals surface area (Å²) in [5, 5.41) is 14.2. The van der Waals surface area contributed by atoms with Crippen molar-refractivity contribution in [3.63, 3.8) is 0 Å². The Bertz CT molecular complexity index is 590. The third kappa shape index (κ3) is 3.35. The largest absolute Gasteiger partial charge is 0.409 e. The first-order chi connectivity index (χ1) is 9.70. The first kappa shape index (κ1) is 13.6. The molecule has 1 aromatic carbocycles. The zero-order chi connectivity index (χ0) is 14.4.